The van der Waals surface area contributed by atoms with Gasteiger partial charge in [0, 0.05) is 23.8 Å². The predicted molar refractivity (Wildman–Crippen MR) is 118 cm³/mol. The summed E-state index contributed by atoms with van der Waals surface area (Å²) < 4.78 is 0. The number of carbonyl (C=O) groups is 1. The molecule has 0 N–H and O–H groups in total. The third kappa shape index (κ3) is 3.00. The van der Waals surface area contributed by atoms with Crippen LogP contribution in [-0.4, -0.2) is 17.9 Å². The largest absolute Gasteiger partial charge is 0.349 e. The molecule has 2 aromatic heterocycles. The summed E-state index contributed by atoms with van der Waals surface area (Å²) in [4.78, 5) is 24.2. The lowest BCUT2D eigenvalue weighted by atomic mass is 10.0. The van der Waals surface area contributed by atoms with Crippen LogP contribution in [0.2, 0.25) is 0 Å². The molecule has 1 aliphatic heterocycles. The van der Waals surface area contributed by atoms with Crippen LogP contribution in [-0.2, 0) is 0 Å². The molecule has 5 heteroatoms. The number of anilines is 2. The van der Waals surface area contributed by atoms with Gasteiger partial charge in [0.25, 0.3) is 5.91 Å². The van der Waals surface area contributed by atoms with Crippen LogP contribution < -0.4 is 9.80 Å². The van der Waals surface area contributed by atoms with E-state index < -0.39 is 0 Å². The summed E-state index contributed by atoms with van der Waals surface area (Å²) in [6.07, 6.45) is 1.58. The summed E-state index contributed by atoms with van der Waals surface area (Å²) >= 11 is 1.67. The second-order valence-electron chi connectivity index (χ2n) is 6.93. The molecule has 0 saturated heterocycles. The Bertz CT molecular complexity index is 1160. The summed E-state index contributed by atoms with van der Waals surface area (Å²) in [6, 6.07) is 27.8. The van der Waals surface area contributed by atoms with E-state index in [1.54, 1.807) is 17.5 Å². The van der Waals surface area contributed by atoms with Crippen LogP contribution in [0.25, 0.3) is 10.6 Å². The van der Waals surface area contributed by atoms with E-state index in [-0.39, 0.29) is 12.1 Å². The molecule has 5 rings (SSSR count). The molecule has 0 bridgehead atoms. The highest BCUT2D eigenvalue weighted by Gasteiger charge is 2.38. The first kappa shape index (κ1) is 17.6. The van der Waals surface area contributed by atoms with Gasteiger partial charge in [-0.3, -0.25) is 14.7 Å². The standard InChI is InChI=1S/C24H19N3OS/c1-26-20-13-6-5-11-18(20)24(28)27(17-9-3-2-4-10-17)23(26)22-15-14-21(29-22)19-12-7-8-16-25-19/h2-16,23H,1H3. The van der Waals surface area contributed by atoms with Crippen molar-refractivity contribution in [2.75, 3.05) is 16.8 Å². The maximum absolute atomic E-state index is 13.5. The molecule has 0 spiro atoms. The van der Waals surface area contributed by atoms with Crippen LogP contribution >= 0.6 is 11.3 Å². The van der Waals surface area contributed by atoms with E-state index in [0.717, 1.165) is 32.4 Å². The molecule has 1 unspecified atom stereocenters. The number of rotatable bonds is 3. The number of nitrogens with zero attached hydrogens (tertiary/aromatic N) is 3. The molecule has 4 nitrogen and oxygen atoms in total. The smallest absolute Gasteiger partial charge is 0.262 e. The van der Waals surface area contributed by atoms with Crippen molar-refractivity contribution >= 4 is 28.6 Å². The zero-order valence-corrected chi connectivity index (χ0v) is 16.7. The first-order chi connectivity index (χ1) is 14.2. The number of hydrogen-bond acceptors (Lipinski definition) is 4. The van der Waals surface area contributed by atoms with Crippen LogP contribution in [0.15, 0.2) is 91.1 Å². The van der Waals surface area contributed by atoms with Crippen molar-refractivity contribution in [3.05, 3.63) is 102 Å². The fourth-order valence-corrected chi connectivity index (χ4v) is 4.93. The zero-order chi connectivity index (χ0) is 19.8. The van der Waals surface area contributed by atoms with Gasteiger partial charge in [0.05, 0.1) is 21.8 Å². The zero-order valence-electron chi connectivity index (χ0n) is 15.9. The Balaban J connectivity index is 1.65. The van der Waals surface area contributed by atoms with E-state index in [4.69, 9.17) is 0 Å². The Morgan fingerprint density at radius 2 is 1.62 bits per heavy atom. The molecule has 2 aromatic carbocycles. The van der Waals surface area contributed by atoms with Gasteiger partial charge in [-0.15, -0.1) is 11.3 Å². The van der Waals surface area contributed by atoms with Crippen LogP contribution in [0.3, 0.4) is 0 Å². The minimum Gasteiger partial charge on any atom is -0.349 e. The van der Waals surface area contributed by atoms with Gasteiger partial charge in [0.2, 0.25) is 0 Å². The third-order valence-corrected chi connectivity index (χ3v) is 6.33. The summed E-state index contributed by atoms with van der Waals surface area (Å²) in [6.45, 7) is 0. The molecule has 0 saturated carbocycles. The molecule has 142 valence electrons. The molecule has 0 radical (unpaired) electrons. The van der Waals surface area contributed by atoms with E-state index in [9.17, 15) is 4.79 Å². The number of para-hydroxylation sites is 2. The van der Waals surface area contributed by atoms with Crippen molar-refractivity contribution in [3.63, 3.8) is 0 Å². The summed E-state index contributed by atoms with van der Waals surface area (Å²) in [5, 5.41) is 0. The Morgan fingerprint density at radius 1 is 0.862 bits per heavy atom. The van der Waals surface area contributed by atoms with Gasteiger partial charge in [-0.05, 0) is 48.5 Å². The monoisotopic (exact) mass is 397 g/mol. The summed E-state index contributed by atoms with van der Waals surface area (Å²) in [5.41, 5.74) is 3.50. The van der Waals surface area contributed by atoms with Gasteiger partial charge < -0.3 is 4.90 Å². The van der Waals surface area contributed by atoms with E-state index in [1.165, 1.54) is 0 Å². The number of benzene rings is 2. The number of hydrogen-bond donors (Lipinski definition) is 0. The van der Waals surface area contributed by atoms with Gasteiger partial charge in [-0.25, -0.2) is 0 Å². The number of thiophene rings is 1. The van der Waals surface area contributed by atoms with E-state index >= 15 is 0 Å². The van der Waals surface area contributed by atoms with Crippen molar-refractivity contribution in [1.29, 1.82) is 0 Å². The first-order valence-electron chi connectivity index (χ1n) is 9.45. The summed E-state index contributed by atoms with van der Waals surface area (Å²) in [7, 11) is 2.05. The molecule has 1 atom stereocenters. The van der Waals surface area contributed by atoms with Crippen LogP contribution in [0.5, 0.6) is 0 Å². The van der Waals surface area contributed by atoms with Gasteiger partial charge in [-0.2, -0.15) is 0 Å². The fraction of sp³-hybridized carbons (Fsp3) is 0.0833. The topological polar surface area (TPSA) is 36.4 Å². The Labute approximate surface area is 173 Å². The Hall–Kier alpha value is -3.44. The molecule has 1 aliphatic rings. The average Bonchev–Trinajstić information content (AvgIpc) is 3.27. The van der Waals surface area contributed by atoms with Crippen LogP contribution in [0.1, 0.15) is 21.4 Å². The van der Waals surface area contributed by atoms with E-state index in [1.807, 2.05) is 84.7 Å². The molecule has 29 heavy (non-hydrogen) atoms. The van der Waals surface area contributed by atoms with Gasteiger partial charge >= 0.3 is 0 Å². The van der Waals surface area contributed by atoms with Gasteiger partial charge in [-0.1, -0.05) is 36.4 Å². The average molecular weight is 398 g/mol. The van der Waals surface area contributed by atoms with Gasteiger partial charge in [0.15, 0.2) is 0 Å². The van der Waals surface area contributed by atoms with Crippen LogP contribution in [0.4, 0.5) is 11.4 Å². The first-order valence-corrected chi connectivity index (χ1v) is 10.3. The van der Waals surface area contributed by atoms with E-state index in [2.05, 4.69) is 22.0 Å². The molecule has 0 aliphatic carbocycles. The number of pyridine rings is 1. The molecule has 0 fully saturated rings. The lowest BCUT2D eigenvalue weighted by molar-refractivity contribution is 0.0970. The Kier molecular flexibility index (Phi) is 4.37. The highest BCUT2D eigenvalue weighted by atomic mass is 32.1. The van der Waals surface area contributed by atoms with Crippen molar-refractivity contribution in [3.8, 4) is 10.6 Å². The second-order valence-corrected chi connectivity index (χ2v) is 8.04. The predicted octanol–water partition coefficient (Wildman–Crippen LogP) is 5.61. The van der Waals surface area contributed by atoms with Crippen molar-refractivity contribution in [2.45, 2.75) is 6.17 Å². The Morgan fingerprint density at radius 3 is 2.41 bits per heavy atom. The second kappa shape index (κ2) is 7.18. The molecular weight excluding hydrogens is 378 g/mol. The molecule has 4 aromatic rings. The maximum Gasteiger partial charge on any atom is 0.262 e. The lowest BCUT2D eigenvalue weighted by Gasteiger charge is -2.43. The maximum atomic E-state index is 13.5. The number of amides is 1. The third-order valence-electron chi connectivity index (χ3n) is 5.18. The molecular formula is C24H19N3OS. The molecule has 3 heterocycles. The summed E-state index contributed by atoms with van der Waals surface area (Å²) in [5.74, 6) is 0.0164. The highest BCUT2D eigenvalue weighted by Crippen LogP contribution is 2.43. The minimum atomic E-state index is -0.220. The normalized spacial score (nSPS) is 16.0. The SMILES string of the molecule is CN1c2ccccc2C(=O)N(c2ccccc2)C1c1ccc(-c2ccccn2)s1. The highest BCUT2D eigenvalue weighted by molar-refractivity contribution is 7.15. The van der Waals surface area contributed by atoms with Crippen molar-refractivity contribution < 1.29 is 4.79 Å². The molecule has 1 amide bonds. The van der Waals surface area contributed by atoms with Crippen LogP contribution in [0, 0.1) is 0 Å². The number of aromatic nitrogens is 1. The number of fused-ring (bicyclic) bond motifs is 1. The minimum absolute atomic E-state index is 0.0164. The van der Waals surface area contributed by atoms with Crippen molar-refractivity contribution in [1.82, 2.24) is 4.98 Å². The van der Waals surface area contributed by atoms with E-state index in [0.29, 0.717) is 0 Å². The lowest BCUT2D eigenvalue weighted by Crippen LogP contribution is -2.47. The van der Waals surface area contributed by atoms with Crippen molar-refractivity contribution in [2.24, 2.45) is 0 Å². The number of carbonyl (C=O) groups excluding carboxylic acids is 1. The quantitative estimate of drug-likeness (QED) is 0.451. The van der Waals surface area contributed by atoms with Gasteiger partial charge in [0.1, 0.15) is 6.17 Å². The fourth-order valence-electron chi connectivity index (χ4n) is 3.81.